The zero-order valence-electron chi connectivity index (χ0n) is 14.2. The number of aliphatic carboxylic acids is 1. The van der Waals surface area contributed by atoms with Gasteiger partial charge in [-0.15, -0.1) is 0 Å². The molecule has 23 heavy (non-hydrogen) atoms. The molecule has 0 heterocycles. The first-order chi connectivity index (χ1) is 10.7. The third-order valence-electron chi connectivity index (χ3n) is 3.31. The van der Waals surface area contributed by atoms with E-state index in [1.165, 1.54) is 6.92 Å². The Morgan fingerprint density at radius 3 is 2.26 bits per heavy atom. The van der Waals surface area contributed by atoms with Crippen LogP contribution >= 0.6 is 0 Å². The van der Waals surface area contributed by atoms with Gasteiger partial charge < -0.3 is 20.3 Å². The van der Waals surface area contributed by atoms with Crippen LogP contribution in [0.5, 0.6) is 0 Å². The number of ether oxygens (including phenoxy) is 1. The number of aliphatic hydroxyl groups excluding tert-OH is 1. The van der Waals surface area contributed by atoms with Gasteiger partial charge in [-0.25, -0.2) is 9.28 Å². The first kappa shape index (κ1) is 21.3. The smallest absolute Gasteiger partial charge is 0.416 e. The van der Waals surface area contributed by atoms with Crippen LogP contribution in [-0.2, 0) is 14.3 Å². The van der Waals surface area contributed by atoms with E-state index in [1.807, 2.05) is 0 Å². The van der Waals surface area contributed by atoms with E-state index in [0.717, 1.165) is 25.7 Å². The van der Waals surface area contributed by atoms with Crippen LogP contribution in [0.4, 0.5) is 4.79 Å². The fourth-order valence-corrected chi connectivity index (χ4v) is 2.16. The number of likely N-dealkylation sites (N-methyl/N-ethyl adjacent to an activating group) is 1. The van der Waals surface area contributed by atoms with Crippen molar-refractivity contribution in [2.45, 2.75) is 45.1 Å². The minimum atomic E-state index is -1.08. The molecule has 0 spiro atoms. The highest BCUT2D eigenvalue weighted by atomic mass is 16.5. The Hall–Kier alpha value is -1.67. The van der Waals surface area contributed by atoms with Crippen LogP contribution in [0, 0.1) is 0 Å². The maximum atomic E-state index is 12.2. The number of hydrogen-bond acceptors (Lipinski definition) is 5. The van der Waals surface area contributed by atoms with Crippen LogP contribution in [0.1, 0.15) is 39.0 Å². The average molecular weight is 333 g/mol. The molecule has 0 bridgehead atoms. The molecule has 0 aromatic rings. The lowest BCUT2D eigenvalue weighted by atomic mass is 10.2. The maximum Gasteiger partial charge on any atom is 0.416 e. The molecule has 134 valence electrons. The zero-order valence-corrected chi connectivity index (χ0v) is 14.2. The van der Waals surface area contributed by atoms with E-state index in [2.05, 4.69) is 5.32 Å². The Labute approximate surface area is 137 Å². The molecule has 1 atom stereocenters. The summed E-state index contributed by atoms with van der Waals surface area (Å²) >= 11 is 0. The van der Waals surface area contributed by atoms with E-state index in [1.54, 1.807) is 14.1 Å². The van der Waals surface area contributed by atoms with Crippen LogP contribution < -0.4 is 5.32 Å². The number of nitrogens with zero attached hydrogens (tertiary/aromatic N) is 1. The largest absolute Gasteiger partial charge is 0.481 e. The molecular weight excluding hydrogens is 304 g/mol. The Balaban J connectivity index is 4.35. The van der Waals surface area contributed by atoms with Gasteiger partial charge in [-0.1, -0.05) is 12.8 Å². The molecule has 0 aliphatic heterocycles. The molecule has 3 N–H and O–H groups in total. The maximum absolute atomic E-state index is 12.2. The van der Waals surface area contributed by atoms with Crippen molar-refractivity contribution in [2.75, 3.05) is 33.8 Å². The van der Waals surface area contributed by atoms with Gasteiger partial charge in [0.05, 0.1) is 20.5 Å². The second-order valence-corrected chi connectivity index (χ2v) is 6.07. The fraction of sp³-hybridized carbons (Fsp3) is 0.800. The van der Waals surface area contributed by atoms with Crippen LogP contribution in [0.15, 0.2) is 0 Å². The van der Waals surface area contributed by atoms with Crippen molar-refractivity contribution >= 4 is 18.0 Å². The number of esters is 1. The second kappa shape index (κ2) is 11.0. The van der Waals surface area contributed by atoms with E-state index in [4.69, 9.17) is 14.9 Å². The average Bonchev–Trinajstić information content (AvgIpc) is 2.40. The molecule has 0 saturated carbocycles. The van der Waals surface area contributed by atoms with E-state index in [0.29, 0.717) is 6.54 Å². The summed E-state index contributed by atoms with van der Waals surface area (Å²) in [6.45, 7) is 1.99. The topological polar surface area (TPSA) is 113 Å². The van der Waals surface area contributed by atoms with E-state index in [9.17, 15) is 14.4 Å². The SMILES string of the molecule is CC(=O)OC(CC(=O)O)C[N+](C)(C)C(=O)NCCCCCCO. The number of rotatable bonds is 11. The number of quaternary nitrogens is 1. The van der Waals surface area contributed by atoms with Crippen molar-refractivity contribution in [3.05, 3.63) is 0 Å². The molecule has 2 amide bonds. The summed E-state index contributed by atoms with van der Waals surface area (Å²) < 4.78 is 4.85. The predicted octanol–water partition coefficient (Wildman–Crippen LogP) is 0.732. The van der Waals surface area contributed by atoms with Crippen LogP contribution in [0.25, 0.3) is 0 Å². The molecule has 0 aromatic heterocycles. The number of carbonyl (C=O) groups excluding carboxylic acids is 2. The molecule has 8 heteroatoms. The van der Waals surface area contributed by atoms with E-state index >= 15 is 0 Å². The number of unbranched alkanes of at least 4 members (excludes halogenated alkanes) is 3. The summed E-state index contributed by atoms with van der Waals surface area (Å²) in [6, 6.07) is -0.255. The number of aliphatic hydroxyl groups is 1. The Bertz CT molecular complexity index is 381. The first-order valence-electron chi connectivity index (χ1n) is 7.80. The van der Waals surface area contributed by atoms with Gasteiger partial charge in [-0.3, -0.25) is 9.59 Å². The van der Waals surface area contributed by atoms with Gasteiger partial charge in [0.2, 0.25) is 0 Å². The first-order valence-corrected chi connectivity index (χ1v) is 7.80. The number of urea groups is 1. The molecule has 0 aliphatic rings. The molecule has 0 rings (SSSR count). The molecule has 0 aliphatic carbocycles. The zero-order chi connectivity index (χ0) is 17.9. The van der Waals surface area contributed by atoms with E-state index in [-0.39, 0.29) is 30.1 Å². The number of amides is 2. The third-order valence-corrected chi connectivity index (χ3v) is 3.31. The van der Waals surface area contributed by atoms with Gasteiger partial charge in [0.1, 0.15) is 6.54 Å². The van der Waals surface area contributed by atoms with E-state index < -0.39 is 18.0 Å². The molecule has 0 aromatic carbocycles. The van der Waals surface area contributed by atoms with Crippen molar-refractivity contribution < 1.29 is 33.8 Å². The Morgan fingerprint density at radius 2 is 1.74 bits per heavy atom. The number of carbonyl (C=O) groups is 3. The summed E-state index contributed by atoms with van der Waals surface area (Å²) in [5.41, 5.74) is 0. The molecule has 0 radical (unpaired) electrons. The number of nitrogens with one attached hydrogen (secondary N) is 1. The number of carboxylic acids is 1. The number of carboxylic acid groups (broad SMARTS) is 1. The standard InChI is InChI=1S/C15H28N2O6/c1-12(19)23-13(10-14(20)21)11-17(2,3)15(22)16-8-6-4-5-7-9-18/h13,18H,4-11H2,1-3H3,(H-,16,20,21,22)/p+1. The Morgan fingerprint density at radius 1 is 1.13 bits per heavy atom. The van der Waals surface area contributed by atoms with Crippen molar-refractivity contribution in [1.82, 2.24) is 5.32 Å². The highest BCUT2D eigenvalue weighted by Crippen LogP contribution is 2.08. The summed E-state index contributed by atoms with van der Waals surface area (Å²) in [7, 11) is 3.28. The summed E-state index contributed by atoms with van der Waals surface area (Å²) in [6.07, 6.45) is 2.22. The minimum absolute atomic E-state index is 0.0855. The van der Waals surface area contributed by atoms with Gasteiger partial charge >= 0.3 is 18.0 Å². The Kier molecular flexibility index (Phi) is 10.2. The van der Waals surface area contributed by atoms with Crippen LogP contribution in [0.2, 0.25) is 0 Å². The van der Waals surface area contributed by atoms with Gasteiger partial charge in [-0.2, -0.15) is 0 Å². The van der Waals surface area contributed by atoms with Gasteiger partial charge in [0.25, 0.3) is 0 Å². The van der Waals surface area contributed by atoms with Crippen LogP contribution in [0.3, 0.4) is 0 Å². The fourth-order valence-electron chi connectivity index (χ4n) is 2.16. The van der Waals surface area contributed by atoms with Gasteiger partial charge in [0, 0.05) is 20.1 Å². The van der Waals surface area contributed by atoms with Crippen molar-refractivity contribution in [1.29, 1.82) is 0 Å². The van der Waals surface area contributed by atoms with Crippen molar-refractivity contribution in [3.63, 3.8) is 0 Å². The lowest BCUT2D eigenvalue weighted by Crippen LogP contribution is -2.55. The van der Waals surface area contributed by atoms with Gasteiger partial charge in [0.15, 0.2) is 6.10 Å². The summed E-state index contributed by atoms with van der Waals surface area (Å²) in [4.78, 5) is 34.1. The van der Waals surface area contributed by atoms with Gasteiger partial charge in [-0.05, 0) is 12.8 Å². The lowest BCUT2D eigenvalue weighted by Gasteiger charge is -2.29. The molecule has 0 saturated heterocycles. The highest BCUT2D eigenvalue weighted by Gasteiger charge is 2.32. The second-order valence-electron chi connectivity index (χ2n) is 6.07. The normalized spacial score (nSPS) is 12.5. The number of hydrogen-bond donors (Lipinski definition) is 3. The third kappa shape index (κ3) is 10.6. The summed E-state index contributed by atoms with van der Waals surface area (Å²) in [5, 5.41) is 20.3. The van der Waals surface area contributed by atoms with Crippen molar-refractivity contribution in [2.24, 2.45) is 0 Å². The minimum Gasteiger partial charge on any atom is -0.481 e. The quantitative estimate of drug-likeness (QED) is 0.292. The van der Waals surface area contributed by atoms with Crippen molar-refractivity contribution in [3.8, 4) is 0 Å². The predicted molar refractivity (Wildman–Crippen MR) is 83.7 cm³/mol. The monoisotopic (exact) mass is 333 g/mol. The molecule has 8 nitrogen and oxygen atoms in total. The van der Waals surface area contributed by atoms with Crippen LogP contribution in [-0.4, -0.2) is 72.6 Å². The highest BCUT2D eigenvalue weighted by molar-refractivity contribution is 5.70. The lowest BCUT2D eigenvalue weighted by molar-refractivity contribution is -0.812. The molecular formula is C15H29N2O6+. The molecule has 0 fully saturated rings. The summed E-state index contributed by atoms with van der Waals surface area (Å²) in [5.74, 6) is -1.65. The molecule has 1 unspecified atom stereocenters.